The van der Waals surface area contributed by atoms with Crippen LogP contribution in [0.4, 0.5) is 10.6 Å². The Labute approximate surface area is 184 Å². The average molecular weight is 447 g/mol. The van der Waals surface area contributed by atoms with Crippen molar-refractivity contribution in [1.82, 2.24) is 25.2 Å². The quantitative estimate of drug-likeness (QED) is 0.405. The predicted octanol–water partition coefficient (Wildman–Crippen LogP) is 3.17. The van der Waals surface area contributed by atoms with Crippen LogP contribution in [0.2, 0.25) is 25.7 Å². The second-order valence-electron chi connectivity index (χ2n) is 9.30. The summed E-state index contributed by atoms with van der Waals surface area (Å²) in [6.45, 7) is 10.7. The van der Waals surface area contributed by atoms with Gasteiger partial charge in [-0.2, -0.15) is 0 Å². The number of anilines is 1. The molecule has 1 saturated carbocycles. The summed E-state index contributed by atoms with van der Waals surface area (Å²) in [5, 5.41) is 8.53. The Hall–Kier alpha value is -2.46. The molecule has 0 radical (unpaired) electrons. The zero-order valence-corrected chi connectivity index (χ0v) is 19.9. The third-order valence-corrected chi connectivity index (χ3v) is 7.13. The fourth-order valence-corrected chi connectivity index (χ4v) is 4.43. The Kier molecular flexibility index (Phi) is 7.66. The summed E-state index contributed by atoms with van der Waals surface area (Å²) in [6.07, 6.45) is 5.68. The average Bonchev–Trinajstić information content (AvgIpc) is 3.31. The number of fused-ring (bicyclic) bond motifs is 1. The molecule has 0 aromatic carbocycles. The van der Waals surface area contributed by atoms with Crippen molar-refractivity contribution < 1.29 is 14.3 Å². The van der Waals surface area contributed by atoms with Crippen LogP contribution in [0.3, 0.4) is 0 Å². The van der Waals surface area contributed by atoms with Gasteiger partial charge in [0.1, 0.15) is 12.2 Å². The fourth-order valence-electron chi connectivity index (χ4n) is 3.67. The first-order valence-corrected chi connectivity index (χ1v) is 14.7. The lowest BCUT2D eigenvalue weighted by molar-refractivity contribution is -0.124. The van der Waals surface area contributed by atoms with Crippen molar-refractivity contribution in [3.8, 4) is 0 Å². The van der Waals surface area contributed by atoms with Gasteiger partial charge in [0, 0.05) is 39.4 Å². The van der Waals surface area contributed by atoms with Crippen LogP contribution in [0.15, 0.2) is 18.5 Å². The molecule has 170 valence electrons. The molecule has 10 heteroatoms. The van der Waals surface area contributed by atoms with Crippen molar-refractivity contribution in [1.29, 1.82) is 0 Å². The molecule has 0 bridgehead atoms. The Bertz CT molecular complexity index is 910. The number of nitrogens with zero attached hydrogens (tertiary/aromatic N) is 3. The predicted molar refractivity (Wildman–Crippen MR) is 124 cm³/mol. The van der Waals surface area contributed by atoms with E-state index in [0.717, 1.165) is 31.1 Å². The van der Waals surface area contributed by atoms with Gasteiger partial charge in [0.2, 0.25) is 5.91 Å². The minimum atomic E-state index is -1.11. The van der Waals surface area contributed by atoms with E-state index in [1.54, 1.807) is 6.20 Å². The number of aromatic nitrogens is 3. The maximum Gasteiger partial charge on any atom is 0.320 e. The Morgan fingerprint density at radius 3 is 2.84 bits per heavy atom. The summed E-state index contributed by atoms with van der Waals surface area (Å²) < 4.78 is 7.71. The molecule has 3 rings (SSSR count). The van der Waals surface area contributed by atoms with Gasteiger partial charge in [0.25, 0.3) is 0 Å². The molecule has 3 amide bonds. The van der Waals surface area contributed by atoms with Crippen LogP contribution in [0.1, 0.15) is 26.2 Å². The van der Waals surface area contributed by atoms with Gasteiger partial charge in [-0.1, -0.05) is 19.6 Å². The Morgan fingerprint density at radius 1 is 1.29 bits per heavy atom. The van der Waals surface area contributed by atoms with Crippen molar-refractivity contribution in [3.63, 3.8) is 0 Å². The van der Waals surface area contributed by atoms with Crippen molar-refractivity contribution in [3.05, 3.63) is 18.5 Å². The van der Waals surface area contributed by atoms with Crippen LogP contribution < -0.4 is 16.0 Å². The topological polar surface area (TPSA) is 110 Å². The first kappa shape index (κ1) is 23.2. The molecule has 2 aromatic rings. The standard InChI is InChI=1S/C21H34N6O3Si/c1-5-22-20(28)15-6-7-16(12-15)24-21(29)26-18-13-23-19-17(25-18)8-9-27(19)14-30-10-11-31(2,3)4/h8-9,13,15-16H,5-7,10-12,14H2,1-4H3,(H,22,28)(H2,24,25,26,29)/t15-,16-/m0/s1. The SMILES string of the molecule is CCNC(=O)[C@H]1CC[C@H](NC(=O)Nc2cnc3c(ccn3COCC[Si](C)(C)C)n2)C1. The van der Waals surface area contributed by atoms with E-state index in [2.05, 4.69) is 45.6 Å². The maximum absolute atomic E-state index is 12.4. The third kappa shape index (κ3) is 6.76. The van der Waals surface area contributed by atoms with Gasteiger partial charge >= 0.3 is 6.03 Å². The van der Waals surface area contributed by atoms with Crippen LogP contribution in [0, 0.1) is 5.92 Å². The van der Waals surface area contributed by atoms with Gasteiger partial charge in [0.15, 0.2) is 11.5 Å². The normalized spacial score (nSPS) is 18.8. The second kappa shape index (κ2) is 10.2. The smallest absolute Gasteiger partial charge is 0.320 e. The summed E-state index contributed by atoms with van der Waals surface area (Å²) in [7, 11) is -1.11. The number of hydrogen-bond donors (Lipinski definition) is 3. The van der Waals surface area contributed by atoms with Gasteiger partial charge in [-0.25, -0.2) is 14.8 Å². The lowest BCUT2D eigenvalue weighted by Gasteiger charge is -2.15. The number of urea groups is 1. The number of carbonyl (C=O) groups is 2. The van der Waals surface area contributed by atoms with Gasteiger partial charge < -0.3 is 19.9 Å². The van der Waals surface area contributed by atoms with E-state index >= 15 is 0 Å². The van der Waals surface area contributed by atoms with Gasteiger partial charge in [0.05, 0.1) is 6.20 Å². The second-order valence-corrected chi connectivity index (χ2v) is 14.9. The summed E-state index contributed by atoms with van der Waals surface area (Å²) in [5.74, 6) is 0.423. The largest absolute Gasteiger partial charge is 0.361 e. The summed E-state index contributed by atoms with van der Waals surface area (Å²) in [4.78, 5) is 33.2. The van der Waals surface area contributed by atoms with Crippen molar-refractivity contribution in [2.75, 3.05) is 18.5 Å². The molecular formula is C21H34N6O3Si. The number of rotatable bonds is 9. The molecule has 2 atom stereocenters. The van der Waals surface area contributed by atoms with Crippen molar-refractivity contribution >= 4 is 37.0 Å². The van der Waals surface area contributed by atoms with Crippen LogP contribution in [-0.2, 0) is 16.3 Å². The van der Waals surface area contributed by atoms with Crippen LogP contribution in [0.25, 0.3) is 11.2 Å². The Balaban J connectivity index is 1.50. The molecule has 31 heavy (non-hydrogen) atoms. The van der Waals surface area contributed by atoms with Gasteiger partial charge in [-0.15, -0.1) is 0 Å². The number of hydrogen-bond acceptors (Lipinski definition) is 5. The Morgan fingerprint density at radius 2 is 2.10 bits per heavy atom. The lowest BCUT2D eigenvalue weighted by Crippen LogP contribution is -2.37. The molecule has 1 aliphatic carbocycles. The molecule has 0 saturated heterocycles. The molecule has 0 unspecified atom stereocenters. The fraction of sp³-hybridized carbons (Fsp3) is 0.619. The number of carbonyl (C=O) groups excluding carboxylic acids is 2. The van der Waals surface area contributed by atoms with Crippen molar-refractivity contribution in [2.24, 2.45) is 5.92 Å². The molecular weight excluding hydrogens is 412 g/mol. The van der Waals surface area contributed by atoms with E-state index in [1.165, 1.54) is 0 Å². The van der Waals surface area contributed by atoms with Crippen LogP contribution in [0.5, 0.6) is 0 Å². The highest BCUT2D eigenvalue weighted by Gasteiger charge is 2.30. The number of amides is 3. The molecule has 0 aliphatic heterocycles. The summed E-state index contributed by atoms with van der Waals surface area (Å²) >= 11 is 0. The molecule has 3 N–H and O–H groups in total. The lowest BCUT2D eigenvalue weighted by atomic mass is 10.1. The zero-order chi connectivity index (χ0) is 22.4. The summed E-state index contributed by atoms with van der Waals surface area (Å²) in [6, 6.07) is 2.63. The number of nitrogens with one attached hydrogen (secondary N) is 3. The zero-order valence-electron chi connectivity index (χ0n) is 18.9. The van der Waals surface area contributed by atoms with E-state index in [-0.39, 0.29) is 23.9 Å². The highest BCUT2D eigenvalue weighted by Crippen LogP contribution is 2.25. The van der Waals surface area contributed by atoms with Crippen molar-refractivity contribution in [2.45, 2.75) is 64.6 Å². The first-order valence-electron chi connectivity index (χ1n) is 11.0. The summed E-state index contributed by atoms with van der Waals surface area (Å²) in [5.41, 5.74) is 1.42. The molecule has 9 nitrogen and oxygen atoms in total. The minimum Gasteiger partial charge on any atom is -0.361 e. The van der Waals surface area contributed by atoms with Gasteiger partial charge in [-0.05, 0) is 38.3 Å². The van der Waals surface area contributed by atoms with E-state index in [9.17, 15) is 9.59 Å². The first-order chi connectivity index (χ1) is 14.7. The highest BCUT2D eigenvalue weighted by molar-refractivity contribution is 6.76. The molecule has 2 aromatic heterocycles. The van der Waals surface area contributed by atoms with Crippen LogP contribution in [-0.4, -0.2) is 53.7 Å². The monoisotopic (exact) mass is 446 g/mol. The number of ether oxygens (including phenoxy) is 1. The molecule has 2 heterocycles. The third-order valence-electron chi connectivity index (χ3n) is 5.42. The molecule has 1 fully saturated rings. The van der Waals surface area contributed by atoms with Gasteiger partial charge in [-0.3, -0.25) is 10.1 Å². The van der Waals surface area contributed by atoms with E-state index in [0.29, 0.717) is 31.0 Å². The van der Waals surface area contributed by atoms with E-state index in [1.807, 2.05) is 23.8 Å². The van der Waals surface area contributed by atoms with Crippen LogP contribution >= 0.6 is 0 Å². The van der Waals surface area contributed by atoms with E-state index in [4.69, 9.17) is 4.74 Å². The minimum absolute atomic E-state index is 0.0151. The maximum atomic E-state index is 12.4. The highest BCUT2D eigenvalue weighted by atomic mass is 28.3. The molecule has 1 aliphatic rings. The van der Waals surface area contributed by atoms with E-state index < -0.39 is 8.07 Å². The molecule has 0 spiro atoms.